The number of hydrogen-bond acceptors (Lipinski definition) is 1. The second kappa shape index (κ2) is 5.96. The molecular formula is C14H11BrCl2O. The molecule has 0 spiro atoms. The van der Waals surface area contributed by atoms with Gasteiger partial charge in [0.2, 0.25) is 0 Å². The van der Waals surface area contributed by atoms with Crippen LogP contribution in [0.3, 0.4) is 0 Å². The first-order valence-corrected chi connectivity index (χ1v) is 7.09. The van der Waals surface area contributed by atoms with Crippen LogP contribution >= 0.6 is 39.1 Å². The smallest absolute Gasteiger partial charge is 0.147 e. The molecule has 18 heavy (non-hydrogen) atoms. The van der Waals surface area contributed by atoms with E-state index in [4.69, 9.17) is 27.9 Å². The topological polar surface area (TPSA) is 9.23 Å². The summed E-state index contributed by atoms with van der Waals surface area (Å²) in [5.41, 5.74) is 2.10. The molecule has 0 saturated carbocycles. The average Bonchev–Trinajstić information content (AvgIpc) is 2.36. The van der Waals surface area contributed by atoms with Crippen LogP contribution in [-0.4, -0.2) is 0 Å². The third kappa shape index (κ3) is 3.19. The Morgan fingerprint density at radius 3 is 2.56 bits per heavy atom. The molecule has 0 bridgehead atoms. The van der Waals surface area contributed by atoms with E-state index in [1.54, 1.807) is 6.07 Å². The number of aryl methyl sites for hydroxylation is 1. The van der Waals surface area contributed by atoms with Crippen molar-refractivity contribution in [1.82, 2.24) is 0 Å². The molecule has 0 unspecified atom stereocenters. The van der Waals surface area contributed by atoms with Gasteiger partial charge in [0.1, 0.15) is 11.5 Å². The van der Waals surface area contributed by atoms with E-state index in [0.717, 1.165) is 21.3 Å². The van der Waals surface area contributed by atoms with Gasteiger partial charge in [-0.2, -0.15) is 0 Å². The molecule has 0 fully saturated rings. The first-order chi connectivity index (χ1) is 8.60. The van der Waals surface area contributed by atoms with Gasteiger partial charge in [0, 0.05) is 10.4 Å². The Balaban J connectivity index is 2.31. The summed E-state index contributed by atoms with van der Waals surface area (Å²) in [7, 11) is 0. The second-order valence-corrected chi connectivity index (χ2v) is 5.50. The lowest BCUT2D eigenvalue weighted by Gasteiger charge is -2.11. The molecule has 2 aromatic carbocycles. The molecule has 0 aliphatic heterocycles. The molecule has 0 heterocycles. The van der Waals surface area contributed by atoms with Crippen molar-refractivity contribution >= 4 is 39.1 Å². The normalized spacial score (nSPS) is 10.4. The molecule has 4 heteroatoms. The third-order valence-corrected chi connectivity index (χ3v) is 3.62. The number of benzene rings is 2. The van der Waals surface area contributed by atoms with Crippen LogP contribution < -0.4 is 4.74 Å². The van der Waals surface area contributed by atoms with Crippen LogP contribution in [0.25, 0.3) is 0 Å². The lowest BCUT2D eigenvalue weighted by atomic mass is 10.1. The zero-order valence-corrected chi connectivity index (χ0v) is 12.8. The fourth-order valence-corrected chi connectivity index (χ4v) is 2.25. The summed E-state index contributed by atoms with van der Waals surface area (Å²) < 4.78 is 6.74. The van der Waals surface area contributed by atoms with Crippen LogP contribution in [0.1, 0.15) is 11.1 Å². The summed E-state index contributed by atoms with van der Waals surface area (Å²) in [6.45, 7) is 1.98. The van der Waals surface area contributed by atoms with E-state index < -0.39 is 0 Å². The Bertz CT molecular complexity index is 570. The molecule has 0 aromatic heterocycles. The first kappa shape index (κ1) is 13.7. The summed E-state index contributed by atoms with van der Waals surface area (Å²) in [5.74, 6) is 1.91. The minimum Gasteiger partial charge on any atom is -0.455 e. The first-order valence-electron chi connectivity index (χ1n) is 5.38. The minimum absolute atomic E-state index is 0.499. The number of rotatable bonds is 3. The Hall–Kier alpha value is -0.700. The van der Waals surface area contributed by atoms with Crippen molar-refractivity contribution in [3.8, 4) is 11.5 Å². The summed E-state index contributed by atoms with van der Waals surface area (Å²) >= 11 is 15.3. The van der Waals surface area contributed by atoms with Gasteiger partial charge in [-0.3, -0.25) is 0 Å². The number of hydrogen-bond donors (Lipinski definition) is 0. The van der Waals surface area contributed by atoms with Crippen molar-refractivity contribution in [2.45, 2.75) is 12.8 Å². The maximum Gasteiger partial charge on any atom is 0.147 e. The van der Waals surface area contributed by atoms with Crippen LogP contribution in [0, 0.1) is 6.92 Å². The molecule has 2 rings (SSSR count). The molecule has 0 amide bonds. The predicted molar refractivity (Wildman–Crippen MR) is 80.0 cm³/mol. The summed E-state index contributed by atoms with van der Waals surface area (Å²) in [5, 5.41) is 0.582. The Kier molecular flexibility index (Phi) is 4.55. The fraction of sp³-hybridized carbons (Fsp3) is 0.143. The zero-order chi connectivity index (χ0) is 13.1. The molecule has 0 saturated heterocycles. The largest absolute Gasteiger partial charge is 0.455 e. The van der Waals surface area contributed by atoms with Gasteiger partial charge >= 0.3 is 0 Å². The van der Waals surface area contributed by atoms with Gasteiger partial charge in [-0.1, -0.05) is 39.7 Å². The molecule has 94 valence electrons. The average molecular weight is 346 g/mol. The number of alkyl halides is 1. The summed E-state index contributed by atoms with van der Waals surface area (Å²) in [4.78, 5) is 0. The predicted octanol–water partition coefficient (Wildman–Crippen LogP) is 5.94. The van der Waals surface area contributed by atoms with Gasteiger partial charge in [0.05, 0.1) is 5.02 Å². The maximum absolute atomic E-state index is 6.09. The van der Waals surface area contributed by atoms with Crippen molar-refractivity contribution in [2.24, 2.45) is 0 Å². The Morgan fingerprint density at radius 2 is 1.89 bits per heavy atom. The molecule has 0 atom stereocenters. The molecule has 1 nitrogen and oxygen atoms in total. The van der Waals surface area contributed by atoms with Gasteiger partial charge < -0.3 is 4.74 Å². The van der Waals surface area contributed by atoms with Gasteiger partial charge in [0.15, 0.2) is 0 Å². The van der Waals surface area contributed by atoms with E-state index in [9.17, 15) is 0 Å². The van der Waals surface area contributed by atoms with Gasteiger partial charge in [-0.05, 0) is 42.3 Å². The lowest BCUT2D eigenvalue weighted by Crippen LogP contribution is -1.90. The van der Waals surface area contributed by atoms with Crippen molar-refractivity contribution in [2.75, 3.05) is 0 Å². The molecule has 0 N–H and O–H groups in total. The maximum atomic E-state index is 6.09. The third-order valence-electron chi connectivity index (χ3n) is 2.51. The van der Waals surface area contributed by atoms with E-state index >= 15 is 0 Å². The van der Waals surface area contributed by atoms with E-state index in [1.165, 1.54) is 0 Å². The van der Waals surface area contributed by atoms with E-state index in [2.05, 4.69) is 15.9 Å². The molecular weight excluding hydrogens is 335 g/mol. The summed E-state index contributed by atoms with van der Waals surface area (Å²) in [6.07, 6.45) is 0. The van der Waals surface area contributed by atoms with E-state index in [0.29, 0.717) is 16.7 Å². The van der Waals surface area contributed by atoms with Crippen molar-refractivity contribution in [1.29, 1.82) is 0 Å². The van der Waals surface area contributed by atoms with Crippen LogP contribution in [0.15, 0.2) is 40.9 Å². The van der Waals surface area contributed by atoms with Gasteiger partial charge in [-0.15, -0.1) is 11.6 Å². The van der Waals surface area contributed by atoms with E-state index in [-0.39, 0.29) is 0 Å². The molecule has 0 radical (unpaired) electrons. The highest BCUT2D eigenvalue weighted by molar-refractivity contribution is 9.10. The monoisotopic (exact) mass is 344 g/mol. The highest BCUT2D eigenvalue weighted by Gasteiger charge is 2.06. The van der Waals surface area contributed by atoms with Crippen molar-refractivity contribution in [3.05, 3.63) is 57.0 Å². The van der Waals surface area contributed by atoms with Crippen LogP contribution in [-0.2, 0) is 5.88 Å². The van der Waals surface area contributed by atoms with Crippen molar-refractivity contribution < 1.29 is 4.74 Å². The van der Waals surface area contributed by atoms with Gasteiger partial charge in [-0.25, -0.2) is 0 Å². The highest BCUT2D eigenvalue weighted by Crippen LogP contribution is 2.33. The Morgan fingerprint density at radius 1 is 1.11 bits per heavy atom. The SMILES string of the molecule is Cc1cc(CCl)ccc1Oc1cc(Br)ccc1Cl. The number of halogens is 3. The number of ether oxygens (including phenoxy) is 1. The molecule has 2 aromatic rings. The summed E-state index contributed by atoms with van der Waals surface area (Å²) in [6, 6.07) is 11.4. The molecule has 0 aliphatic rings. The van der Waals surface area contributed by atoms with Crippen molar-refractivity contribution in [3.63, 3.8) is 0 Å². The Labute approximate surface area is 125 Å². The highest BCUT2D eigenvalue weighted by atomic mass is 79.9. The minimum atomic E-state index is 0.499. The van der Waals surface area contributed by atoms with Crippen LogP contribution in [0.5, 0.6) is 11.5 Å². The zero-order valence-electron chi connectivity index (χ0n) is 9.71. The van der Waals surface area contributed by atoms with Crippen LogP contribution in [0.4, 0.5) is 0 Å². The lowest BCUT2D eigenvalue weighted by molar-refractivity contribution is 0.478. The molecule has 0 aliphatic carbocycles. The standard InChI is InChI=1S/C14H11BrCl2O/c1-9-6-10(8-16)2-5-13(9)18-14-7-11(15)3-4-12(14)17/h2-7H,8H2,1H3. The quantitative estimate of drug-likeness (QED) is 0.625. The van der Waals surface area contributed by atoms with Gasteiger partial charge in [0.25, 0.3) is 0 Å². The second-order valence-electron chi connectivity index (χ2n) is 3.91. The van der Waals surface area contributed by atoms with Crippen LogP contribution in [0.2, 0.25) is 5.02 Å². The van der Waals surface area contributed by atoms with E-state index in [1.807, 2.05) is 37.3 Å². The fourth-order valence-electron chi connectivity index (χ4n) is 1.58.